The molecule has 1 rings (SSSR count). The van der Waals surface area contributed by atoms with Gasteiger partial charge in [0.05, 0.1) is 11.3 Å². The van der Waals surface area contributed by atoms with E-state index in [-0.39, 0.29) is 17.1 Å². The fourth-order valence-electron chi connectivity index (χ4n) is 1.36. The molecule has 18 heavy (non-hydrogen) atoms. The van der Waals surface area contributed by atoms with E-state index >= 15 is 0 Å². The van der Waals surface area contributed by atoms with E-state index in [2.05, 4.69) is 5.32 Å². The van der Waals surface area contributed by atoms with Crippen LogP contribution in [-0.2, 0) is 9.84 Å². The lowest BCUT2D eigenvalue weighted by Gasteiger charge is -2.11. The van der Waals surface area contributed by atoms with Gasteiger partial charge in [-0.05, 0) is 6.92 Å². The fraction of sp³-hybridized carbons (Fsp3) is 0.400. The van der Waals surface area contributed by atoms with Crippen LogP contribution >= 0.6 is 0 Å². The molecule has 7 nitrogen and oxygen atoms in total. The van der Waals surface area contributed by atoms with Crippen LogP contribution in [-0.4, -0.2) is 43.5 Å². The topological polar surface area (TPSA) is 114 Å². The summed E-state index contributed by atoms with van der Waals surface area (Å²) in [5, 5.41) is 11.0. The lowest BCUT2D eigenvalue weighted by molar-refractivity contribution is 0.0695. The molecule has 1 heterocycles. The van der Waals surface area contributed by atoms with E-state index < -0.39 is 27.8 Å². The summed E-state index contributed by atoms with van der Waals surface area (Å²) < 4.78 is 26.8. The van der Waals surface area contributed by atoms with Gasteiger partial charge >= 0.3 is 5.97 Å². The second-order valence-corrected chi connectivity index (χ2v) is 6.16. The number of amides is 1. The number of carbonyl (C=O) groups excluding carboxylic acids is 1. The third-order valence-corrected chi connectivity index (χ3v) is 3.11. The Balaban J connectivity index is 2.67. The van der Waals surface area contributed by atoms with Crippen molar-refractivity contribution in [2.45, 2.75) is 13.0 Å². The molecule has 8 heteroatoms. The highest BCUT2D eigenvalue weighted by Gasteiger charge is 2.18. The van der Waals surface area contributed by atoms with Gasteiger partial charge in [-0.3, -0.25) is 4.79 Å². The van der Waals surface area contributed by atoms with Crippen molar-refractivity contribution >= 4 is 21.7 Å². The molecule has 0 aromatic carbocycles. The number of hydrogen-bond acceptors (Lipinski definition) is 5. The van der Waals surface area contributed by atoms with Crippen LogP contribution in [0.5, 0.6) is 0 Å². The van der Waals surface area contributed by atoms with Crippen molar-refractivity contribution in [3.63, 3.8) is 0 Å². The fourth-order valence-corrected chi connectivity index (χ4v) is 2.35. The molecule has 0 radical (unpaired) electrons. The van der Waals surface area contributed by atoms with Gasteiger partial charge in [0.25, 0.3) is 5.91 Å². The molecule has 1 amide bonds. The maximum atomic E-state index is 11.6. The van der Waals surface area contributed by atoms with Crippen LogP contribution in [0, 0.1) is 0 Å². The molecule has 1 aromatic rings. The van der Waals surface area contributed by atoms with Gasteiger partial charge in [0.15, 0.2) is 5.76 Å². The van der Waals surface area contributed by atoms with E-state index in [1.165, 1.54) is 6.92 Å². The lowest BCUT2D eigenvalue weighted by atomic mass is 10.3. The quantitative estimate of drug-likeness (QED) is 0.790. The number of hydrogen-bond donors (Lipinski definition) is 2. The van der Waals surface area contributed by atoms with Crippen LogP contribution in [0.2, 0.25) is 0 Å². The molecule has 1 unspecified atom stereocenters. The monoisotopic (exact) mass is 275 g/mol. The molecule has 100 valence electrons. The van der Waals surface area contributed by atoms with Gasteiger partial charge in [-0.1, -0.05) is 0 Å². The van der Waals surface area contributed by atoms with Crippen LogP contribution in [0.3, 0.4) is 0 Å². The number of sulfone groups is 1. The van der Waals surface area contributed by atoms with Crippen LogP contribution in [0.1, 0.15) is 27.8 Å². The highest BCUT2D eigenvalue weighted by molar-refractivity contribution is 7.90. The molecule has 0 fully saturated rings. The minimum atomic E-state index is -3.20. The van der Waals surface area contributed by atoms with Gasteiger partial charge in [0.2, 0.25) is 0 Å². The first-order chi connectivity index (χ1) is 8.19. The summed E-state index contributed by atoms with van der Waals surface area (Å²) in [6.07, 6.45) is 2.00. The molecular formula is C10H13NO6S. The molecule has 1 atom stereocenters. The Labute approximate surface area is 104 Å². The molecule has 2 N–H and O–H groups in total. The zero-order chi connectivity index (χ0) is 13.9. The summed E-state index contributed by atoms with van der Waals surface area (Å²) in [7, 11) is -3.20. The van der Waals surface area contributed by atoms with Gasteiger partial charge < -0.3 is 14.8 Å². The van der Waals surface area contributed by atoms with Crippen LogP contribution in [0.15, 0.2) is 16.7 Å². The normalized spacial score (nSPS) is 13.0. The average molecular weight is 275 g/mol. The number of rotatable bonds is 5. The predicted molar refractivity (Wildman–Crippen MR) is 62.3 cm³/mol. The molecule has 0 aliphatic carbocycles. The van der Waals surface area contributed by atoms with Crippen molar-refractivity contribution in [1.29, 1.82) is 0 Å². The first kappa shape index (κ1) is 14.2. The third kappa shape index (κ3) is 4.21. The zero-order valence-electron chi connectivity index (χ0n) is 9.84. The Morgan fingerprint density at radius 3 is 2.56 bits per heavy atom. The number of nitrogens with one attached hydrogen (secondary N) is 1. The van der Waals surface area contributed by atoms with Gasteiger partial charge in [-0.25, -0.2) is 13.2 Å². The van der Waals surface area contributed by atoms with E-state index in [1.54, 1.807) is 0 Å². The van der Waals surface area contributed by atoms with Crippen molar-refractivity contribution in [2.24, 2.45) is 0 Å². The van der Waals surface area contributed by atoms with Crippen molar-refractivity contribution < 1.29 is 27.5 Å². The Morgan fingerprint density at radius 2 is 2.11 bits per heavy atom. The first-order valence-electron chi connectivity index (χ1n) is 4.99. The summed E-state index contributed by atoms with van der Waals surface area (Å²) >= 11 is 0. The Hall–Kier alpha value is -1.83. The highest BCUT2D eigenvalue weighted by Crippen LogP contribution is 2.08. The van der Waals surface area contributed by atoms with E-state index in [1.807, 2.05) is 0 Å². The van der Waals surface area contributed by atoms with E-state index in [0.29, 0.717) is 0 Å². The average Bonchev–Trinajstić information content (AvgIpc) is 2.62. The van der Waals surface area contributed by atoms with Crippen LogP contribution in [0.25, 0.3) is 0 Å². The summed E-state index contributed by atoms with van der Waals surface area (Å²) in [6, 6.07) is 0.482. The van der Waals surface area contributed by atoms with Crippen LogP contribution in [0.4, 0.5) is 0 Å². The molecule has 0 bridgehead atoms. The summed E-state index contributed by atoms with van der Waals surface area (Å²) in [5.41, 5.74) is -0.143. The lowest BCUT2D eigenvalue weighted by Crippen LogP contribution is -2.37. The van der Waals surface area contributed by atoms with Gasteiger partial charge in [0, 0.05) is 18.4 Å². The molecular weight excluding hydrogens is 262 g/mol. The zero-order valence-corrected chi connectivity index (χ0v) is 10.7. The number of carboxylic acids is 1. The summed E-state index contributed by atoms with van der Waals surface area (Å²) in [4.78, 5) is 22.2. The maximum absolute atomic E-state index is 11.6. The molecule has 0 saturated carbocycles. The second kappa shape index (κ2) is 5.21. The second-order valence-electron chi connectivity index (χ2n) is 3.97. The number of aromatic carboxylic acids is 1. The summed E-state index contributed by atoms with van der Waals surface area (Å²) in [5.74, 6) is -2.24. The standard InChI is InChI=1S/C10H13NO6S/c1-6(5-18(2,15)16)11-9(12)8-3-7(4-17-8)10(13)14/h3-4,6H,5H2,1-2H3,(H,11,12)(H,13,14). The Kier molecular flexibility index (Phi) is 4.12. The highest BCUT2D eigenvalue weighted by atomic mass is 32.2. The van der Waals surface area contributed by atoms with E-state index in [9.17, 15) is 18.0 Å². The van der Waals surface area contributed by atoms with Crippen molar-refractivity contribution in [1.82, 2.24) is 5.32 Å². The van der Waals surface area contributed by atoms with Gasteiger partial charge in [0.1, 0.15) is 16.1 Å². The molecule has 0 aliphatic rings. The van der Waals surface area contributed by atoms with Crippen molar-refractivity contribution in [3.05, 3.63) is 23.7 Å². The van der Waals surface area contributed by atoms with Crippen LogP contribution < -0.4 is 5.32 Å². The molecule has 1 aromatic heterocycles. The smallest absolute Gasteiger partial charge is 0.338 e. The Bertz CT molecular complexity index is 559. The summed E-state index contributed by atoms with van der Waals surface area (Å²) in [6.45, 7) is 1.53. The molecule has 0 spiro atoms. The SMILES string of the molecule is CC(CS(C)(=O)=O)NC(=O)c1cc(C(=O)O)co1. The maximum Gasteiger partial charge on any atom is 0.338 e. The predicted octanol–water partition coefficient (Wildman–Crippen LogP) is 0.141. The van der Waals surface area contributed by atoms with Crippen molar-refractivity contribution in [3.8, 4) is 0 Å². The first-order valence-corrected chi connectivity index (χ1v) is 7.05. The molecule has 0 saturated heterocycles. The van der Waals surface area contributed by atoms with Gasteiger partial charge in [-0.15, -0.1) is 0 Å². The van der Waals surface area contributed by atoms with E-state index in [4.69, 9.17) is 9.52 Å². The van der Waals surface area contributed by atoms with E-state index in [0.717, 1.165) is 18.6 Å². The largest absolute Gasteiger partial charge is 0.478 e. The van der Waals surface area contributed by atoms with Crippen molar-refractivity contribution in [2.75, 3.05) is 12.0 Å². The number of carboxylic acid groups (broad SMARTS) is 1. The minimum Gasteiger partial charge on any atom is -0.478 e. The van der Waals surface area contributed by atoms with Gasteiger partial charge in [-0.2, -0.15) is 0 Å². The third-order valence-electron chi connectivity index (χ3n) is 2.00. The number of carbonyl (C=O) groups is 2. The minimum absolute atomic E-state index is 0.143. The Morgan fingerprint density at radius 1 is 1.50 bits per heavy atom. The number of furan rings is 1. The molecule has 0 aliphatic heterocycles.